The maximum Gasteiger partial charge on any atom is 0.552 e. The number of hydrogen-bond acceptors (Lipinski definition) is 2. The molecular formula is C11H16NO3+. The monoisotopic (exact) mass is 210 g/mol. The fourth-order valence-electron chi connectivity index (χ4n) is 1.35. The average Bonchev–Trinajstić information content (AvgIpc) is 2.17. The molecule has 4 nitrogen and oxygen atoms in total. The number of carbonyl (C=O) groups is 1. The SMILES string of the molecule is CC(C)O[N+](C)(C(=O)O)c1ccccc1. The molecule has 1 N–H and O–H groups in total. The number of quaternary nitrogens is 1. The van der Waals surface area contributed by atoms with Crippen LogP contribution in [0.15, 0.2) is 30.3 Å². The number of para-hydroxylation sites is 1. The molecule has 0 fully saturated rings. The number of benzene rings is 1. The van der Waals surface area contributed by atoms with Gasteiger partial charge in [0.05, 0.1) is 0 Å². The first-order valence-electron chi connectivity index (χ1n) is 4.81. The molecule has 0 bridgehead atoms. The Labute approximate surface area is 89.2 Å². The molecule has 82 valence electrons. The minimum absolute atomic E-state index is 0.161. The van der Waals surface area contributed by atoms with Crippen LogP contribution in [0.2, 0.25) is 0 Å². The highest BCUT2D eigenvalue weighted by Gasteiger charge is 2.38. The third-order valence-corrected chi connectivity index (χ3v) is 2.04. The first-order valence-corrected chi connectivity index (χ1v) is 4.81. The van der Waals surface area contributed by atoms with Crippen LogP contribution < -0.4 is 4.65 Å². The van der Waals surface area contributed by atoms with Gasteiger partial charge in [0.15, 0.2) is 5.69 Å². The summed E-state index contributed by atoms with van der Waals surface area (Å²) in [7, 11) is 1.51. The molecule has 0 saturated carbocycles. The van der Waals surface area contributed by atoms with Gasteiger partial charge in [-0.05, 0) is 13.8 Å². The van der Waals surface area contributed by atoms with E-state index in [1.807, 2.05) is 19.9 Å². The molecule has 0 aromatic heterocycles. The molecule has 1 unspecified atom stereocenters. The maximum absolute atomic E-state index is 11.2. The van der Waals surface area contributed by atoms with Crippen LogP contribution in [0.3, 0.4) is 0 Å². The van der Waals surface area contributed by atoms with E-state index in [4.69, 9.17) is 4.84 Å². The van der Waals surface area contributed by atoms with Crippen LogP contribution >= 0.6 is 0 Å². The molecule has 0 aliphatic rings. The molecule has 0 saturated heterocycles. The Balaban J connectivity index is 3.07. The van der Waals surface area contributed by atoms with E-state index < -0.39 is 10.7 Å². The first kappa shape index (κ1) is 11.7. The molecule has 4 heteroatoms. The van der Waals surface area contributed by atoms with Crippen LogP contribution in [0, 0.1) is 0 Å². The zero-order chi connectivity index (χ0) is 11.5. The highest BCUT2D eigenvalue weighted by Crippen LogP contribution is 2.22. The summed E-state index contributed by atoms with van der Waals surface area (Å²) in [5.41, 5.74) is 0.596. The number of carboxylic acid groups (broad SMARTS) is 1. The molecule has 1 aromatic carbocycles. The van der Waals surface area contributed by atoms with Crippen LogP contribution in [0.1, 0.15) is 13.8 Å². The summed E-state index contributed by atoms with van der Waals surface area (Å²) >= 11 is 0. The second-order valence-electron chi connectivity index (χ2n) is 3.70. The summed E-state index contributed by atoms with van der Waals surface area (Å²) in [6.45, 7) is 3.62. The predicted octanol–water partition coefficient (Wildman–Crippen LogP) is 2.64. The van der Waals surface area contributed by atoms with Crippen LogP contribution in [0.4, 0.5) is 10.5 Å². The topological polar surface area (TPSA) is 46.5 Å². The van der Waals surface area contributed by atoms with Crippen molar-refractivity contribution in [2.45, 2.75) is 20.0 Å². The normalized spacial score (nSPS) is 14.9. The van der Waals surface area contributed by atoms with Gasteiger partial charge < -0.3 is 5.11 Å². The van der Waals surface area contributed by atoms with Gasteiger partial charge in [-0.1, -0.05) is 22.8 Å². The fourth-order valence-corrected chi connectivity index (χ4v) is 1.35. The Morgan fingerprint density at radius 2 is 1.87 bits per heavy atom. The Morgan fingerprint density at radius 3 is 2.27 bits per heavy atom. The van der Waals surface area contributed by atoms with E-state index in [2.05, 4.69) is 0 Å². The lowest BCUT2D eigenvalue weighted by atomic mass is 10.3. The summed E-state index contributed by atoms with van der Waals surface area (Å²) in [5.74, 6) is 0. The third kappa shape index (κ3) is 2.55. The smallest absolute Gasteiger partial charge is 0.433 e. The van der Waals surface area contributed by atoms with Crippen molar-refractivity contribution >= 4 is 11.8 Å². The highest BCUT2D eigenvalue weighted by molar-refractivity contribution is 5.78. The summed E-state index contributed by atoms with van der Waals surface area (Å²) in [6.07, 6.45) is -1.19. The Morgan fingerprint density at radius 1 is 1.33 bits per heavy atom. The Kier molecular flexibility index (Phi) is 3.44. The molecule has 1 atom stereocenters. The molecule has 0 spiro atoms. The number of rotatable bonds is 3. The van der Waals surface area contributed by atoms with Crippen LogP contribution in [-0.4, -0.2) is 24.4 Å². The molecule has 15 heavy (non-hydrogen) atoms. The van der Waals surface area contributed by atoms with Gasteiger partial charge in [-0.2, -0.15) is 9.63 Å². The number of hydroxylamine groups is 2. The number of nitrogens with zero attached hydrogens (tertiary/aromatic N) is 1. The standard InChI is InChI=1S/C11H15NO3/c1-9(2)15-12(3,11(13)14)10-7-5-4-6-8-10/h4-9H,1-3H3/p+1. The van der Waals surface area contributed by atoms with Crippen molar-refractivity contribution in [3.05, 3.63) is 30.3 Å². The van der Waals surface area contributed by atoms with E-state index in [0.717, 1.165) is 0 Å². The van der Waals surface area contributed by atoms with E-state index in [1.54, 1.807) is 24.3 Å². The molecule has 0 aliphatic heterocycles. The van der Waals surface area contributed by atoms with E-state index >= 15 is 0 Å². The van der Waals surface area contributed by atoms with E-state index in [1.165, 1.54) is 7.05 Å². The van der Waals surface area contributed by atoms with E-state index in [9.17, 15) is 9.90 Å². The predicted molar refractivity (Wildman–Crippen MR) is 58.4 cm³/mol. The van der Waals surface area contributed by atoms with Crippen molar-refractivity contribution < 1.29 is 14.7 Å². The molecule has 1 amide bonds. The summed E-state index contributed by atoms with van der Waals surface area (Å²) in [5, 5.41) is 9.18. The molecule has 0 radical (unpaired) electrons. The lowest BCUT2D eigenvalue weighted by molar-refractivity contribution is -0.134. The van der Waals surface area contributed by atoms with Gasteiger partial charge in [0, 0.05) is 12.1 Å². The summed E-state index contributed by atoms with van der Waals surface area (Å²) in [6, 6.07) is 8.88. The zero-order valence-electron chi connectivity index (χ0n) is 9.18. The van der Waals surface area contributed by atoms with Gasteiger partial charge in [0.25, 0.3) is 0 Å². The first-order chi connectivity index (χ1) is 6.97. The van der Waals surface area contributed by atoms with Gasteiger partial charge in [-0.3, -0.25) is 0 Å². The quantitative estimate of drug-likeness (QED) is 0.616. The third-order valence-electron chi connectivity index (χ3n) is 2.04. The van der Waals surface area contributed by atoms with E-state index in [-0.39, 0.29) is 6.10 Å². The highest BCUT2D eigenvalue weighted by atomic mass is 16.7. The van der Waals surface area contributed by atoms with Crippen molar-refractivity contribution in [2.75, 3.05) is 7.05 Å². The van der Waals surface area contributed by atoms with Crippen LogP contribution in [0.5, 0.6) is 0 Å². The molecule has 0 heterocycles. The largest absolute Gasteiger partial charge is 0.552 e. The van der Waals surface area contributed by atoms with Crippen LogP contribution in [-0.2, 0) is 4.84 Å². The van der Waals surface area contributed by atoms with Gasteiger partial charge in [0.2, 0.25) is 0 Å². The molecule has 1 aromatic rings. The zero-order valence-corrected chi connectivity index (χ0v) is 9.18. The van der Waals surface area contributed by atoms with Crippen LogP contribution in [0.25, 0.3) is 0 Å². The summed E-state index contributed by atoms with van der Waals surface area (Å²) < 4.78 is -0.557. The number of amides is 1. The van der Waals surface area contributed by atoms with E-state index in [0.29, 0.717) is 5.69 Å². The average molecular weight is 210 g/mol. The van der Waals surface area contributed by atoms with Gasteiger partial charge >= 0.3 is 6.09 Å². The van der Waals surface area contributed by atoms with Crippen molar-refractivity contribution in [1.82, 2.24) is 4.65 Å². The Bertz CT molecular complexity index is 337. The molecule has 1 rings (SSSR count). The summed E-state index contributed by atoms with van der Waals surface area (Å²) in [4.78, 5) is 16.6. The number of hydrogen-bond donors (Lipinski definition) is 1. The van der Waals surface area contributed by atoms with Gasteiger partial charge in [-0.15, -0.1) is 0 Å². The van der Waals surface area contributed by atoms with Crippen molar-refractivity contribution in [3.8, 4) is 0 Å². The Hall–Kier alpha value is -1.39. The molecular weight excluding hydrogens is 194 g/mol. The van der Waals surface area contributed by atoms with Gasteiger partial charge in [0.1, 0.15) is 13.2 Å². The lowest BCUT2D eigenvalue weighted by Gasteiger charge is -2.26. The fraction of sp³-hybridized carbons (Fsp3) is 0.364. The molecule has 0 aliphatic carbocycles. The van der Waals surface area contributed by atoms with Crippen molar-refractivity contribution in [2.24, 2.45) is 0 Å². The lowest BCUT2D eigenvalue weighted by Crippen LogP contribution is -2.51. The second kappa shape index (κ2) is 4.42. The van der Waals surface area contributed by atoms with Crippen molar-refractivity contribution in [1.29, 1.82) is 0 Å². The van der Waals surface area contributed by atoms with Gasteiger partial charge in [-0.25, -0.2) is 0 Å². The maximum atomic E-state index is 11.2. The van der Waals surface area contributed by atoms with Crippen molar-refractivity contribution in [3.63, 3.8) is 0 Å². The minimum atomic E-state index is -1.03. The second-order valence-corrected chi connectivity index (χ2v) is 3.70. The minimum Gasteiger partial charge on any atom is -0.433 e.